The number of amides is 1. The zero-order chi connectivity index (χ0) is 15.3. The lowest BCUT2D eigenvalue weighted by Crippen LogP contribution is -2.38. The standard InChI is InChI=1S/C17H28N2O/c1-12(2)19-16(20)11-18-13(3)14-7-9-15(10-8-14)17(4,5)6/h7-10,12-13,18H,11H2,1-6H3,(H,19,20). The maximum atomic E-state index is 11.6. The predicted octanol–water partition coefficient (Wildman–Crippen LogP) is 3.16. The van der Waals surface area contributed by atoms with E-state index in [1.54, 1.807) is 0 Å². The van der Waals surface area contributed by atoms with Gasteiger partial charge in [0.1, 0.15) is 0 Å². The smallest absolute Gasteiger partial charge is 0.234 e. The van der Waals surface area contributed by atoms with Crippen LogP contribution in [0.15, 0.2) is 24.3 Å². The van der Waals surface area contributed by atoms with Gasteiger partial charge in [-0.05, 0) is 37.3 Å². The van der Waals surface area contributed by atoms with Crippen LogP contribution in [0.3, 0.4) is 0 Å². The molecule has 3 nitrogen and oxygen atoms in total. The molecule has 3 heteroatoms. The fraction of sp³-hybridized carbons (Fsp3) is 0.588. The average molecular weight is 276 g/mol. The molecule has 0 spiro atoms. The molecular formula is C17H28N2O. The second kappa shape index (κ2) is 6.89. The number of hydrogen-bond donors (Lipinski definition) is 2. The molecule has 0 heterocycles. The number of rotatable bonds is 5. The third kappa shape index (κ3) is 5.33. The van der Waals surface area contributed by atoms with Crippen molar-refractivity contribution in [2.75, 3.05) is 6.54 Å². The molecule has 1 amide bonds. The highest BCUT2D eigenvalue weighted by Gasteiger charge is 2.14. The summed E-state index contributed by atoms with van der Waals surface area (Å²) in [5.74, 6) is 0.0400. The van der Waals surface area contributed by atoms with Gasteiger partial charge in [0, 0.05) is 12.1 Å². The van der Waals surface area contributed by atoms with Crippen LogP contribution in [0.2, 0.25) is 0 Å². The number of nitrogens with one attached hydrogen (secondary N) is 2. The first-order valence-corrected chi connectivity index (χ1v) is 7.33. The van der Waals surface area contributed by atoms with Gasteiger partial charge in [-0.1, -0.05) is 45.0 Å². The van der Waals surface area contributed by atoms with Gasteiger partial charge in [-0.3, -0.25) is 4.79 Å². The van der Waals surface area contributed by atoms with E-state index in [9.17, 15) is 4.79 Å². The van der Waals surface area contributed by atoms with Gasteiger partial charge in [-0.2, -0.15) is 0 Å². The minimum absolute atomic E-state index is 0.0400. The first-order chi connectivity index (χ1) is 9.20. The largest absolute Gasteiger partial charge is 0.353 e. The van der Waals surface area contributed by atoms with Crippen molar-refractivity contribution in [3.63, 3.8) is 0 Å². The summed E-state index contributed by atoms with van der Waals surface area (Å²) in [6, 6.07) is 8.97. The van der Waals surface area contributed by atoms with Crippen molar-refractivity contribution in [1.29, 1.82) is 0 Å². The van der Waals surface area contributed by atoms with Gasteiger partial charge in [-0.15, -0.1) is 0 Å². The van der Waals surface area contributed by atoms with Crippen LogP contribution < -0.4 is 10.6 Å². The van der Waals surface area contributed by atoms with Crippen molar-refractivity contribution in [2.24, 2.45) is 0 Å². The summed E-state index contributed by atoms with van der Waals surface area (Å²) < 4.78 is 0. The molecule has 112 valence electrons. The highest BCUT2D eigenvalue weighted by molar-refractivity contribution is 5.78. The second-order valence-electron chi connectivity index (χ2n) is 6.70. The highest BCUT2D eigenvalue weighted by Crippen LogP contribution is 2.23. The van der Waals surface area contributed by atoms with E-state index in [1.165, 1.54) is 11.1 Å². The van der Waals surface area contributed by atoms with Crippen LogP contribution in [0, 0.1) is 0 Å². The Balaban J connectivity index is 2.56. The van der Waals surface area contributed by atoms with Crippen molar-refractivity contribution < 1.29 is 4.79 Å². The molecule has 1 aromatic carbocycles. The van der Waals surface area contributed by atoms with Gasteiger partial charge >= 0.3 is 0 Å². The lowest BCUT2D eigenvalue weighted by Gasteiger charge is -2.20. The van der Waals surface area contributed by atoms with Gasteiger partial charge in [0.25, 0.3) is 0 Å². The number of carbonyl (C=O) groups excluding carboxylic acids is 1. The summed E-state index contributed by atoms with van der Waals surface area (Å²) in [7, 11) is 0. The lowest BCUT2D eigenvalue weighted by molar-refractivity contribution is -0.120. The van der Waals surface area contributed by atoms with Gasteiger partial charge in [0.15, 0.2) is 0 Å². The maximum Gasteiger partial charge on any atom is 0.234 e. The molecule has 20 heavy (non-hydrogen) atoms. The Morgan fingerprint density at radius 2 is 1.65 bits per heavy atom. The van der Waals surface area contributed by atoms with E-state index in [-0.39, 0.29) is 23.4 Å². The normalized spacial score (nSPS) is 13.3. The summed E-state index contributed by atoms with van der Waals surface area (Å²) in [6.45, 7) is 13.0. The zero-order valence-electron chi connectivity index (χ0n) is 13.6. The summed E-state index contributed by atoms with van der Waals surface area (Å²) in [5, 5.41) is 6.13. The summed E-state index contributed by atoms with van der Waals surface area (Å²) >= 11 is 0. The van der Waals surface area contributed by atoms with Crippen LogP contribution in [0.25, 0.3) is 0 Å². The molecule has 0 saturated heterocycles. The third-order valence-corrected chi connectivity index (χ3v) is 3.30. The molecule has 0 aliphatic heterocycles. The quantitative estimate of drug-likeness (QED) is 0.867. The Morgan fingerprint density at radius 3 is 2.10 bits per heavy atom. The van der Waals surface area contributed by atoms with Gasteiger partial charge in [0.2, 0.25) is 5.91 Å². The molecule has 0 fully saturated rings. The van der Waals surface area contributed by atoms with E-state index < -0.39 is 0 Å². The molecule has 0 saturated carbocycles. The molecule has 0 bridgehead atoms. The number of carbonyl (C=O) groups is 1. The van der Waals surface area contributed by atoms with Crippen LogP contribution in [0.1, 0.15) is 58.7 Å². The lowest BCUT2D eigenvalue weighted by atomic mass is 9.86. The third-order valence-electron chi connectivity index (χ3n) is 3.30. The Labute approximate surface area is 123 Å². The minimum atomic E-state index is 0.0400. The first-order valence-electron chi connectivity index (χ1n) is 7.33. The molecule has 0 radical (unpaired) electrons. The van der Waals surface area contributed by atoms with E-state index in [4.69, 9.17) is 0 Å². The topological polar surface area (TPSA) is 41.1 Å². The van der Waals surface area contributed by atoms with E-state index in [0.29, 0.717) is 6.54 Å². The summed E-state index contributed by atoms with van der Waals surface area (Å²) in [5.41, 5.74) is 2.70. The fourth-order valence-electron chi connectivity index (χ4n) is 2.01. The molecule has 0 aliphatic carbocycles. The SMILES string of the molecule is CC(C)NC(=O)CNC(C)c1ccc(C(C)(C)C)cc1. The van der Waals surface area contributed by atoms with Crippen molar-refractivity contribution in [3.05, 3.63) is 35.4 Å². The average Bonchev–Trinajstić information content (AvgIpc) is 2.34. The minimum Gasteiger partial charge on any atom is -0.353 e. The Morgan fingerprint density at radius 1 is 1.10 bits per heavy atom. The number of hydrogen-bond acceptors (Lipinski definition) is 2. The van der Waals surface area contributed by atoms with Crippen LogP contribution in [-0.4, -0.2) is 18.5 Å². The number of benzene rings is 1. The van der Waals surface area contributed by atoms with Crippen molar-refractivity contribution >= 4 is 5.91 Å². The second-order valence-corrected chi connectivity index (χ2v) is 6.70. The van der Waals surface area contributed by atoms with E-state index in [1.807, 2.05) is 13.8 Å². The predicted molar refractivity (Wildman–Crippen MR) is 84.8 cm³/mol. The van der Waals surface area contributed by atoms with Gasteiger partial charge in [-0.25, -0.2) is 0 Å². The monoisotopic (exact) mass is 276 g/mol. The van der Waals surface area contributed by atoms with Crippen LogP contribution in [-0.2, 0) is 10.2 Å². The molecule has 1 rings (SSSR count). The van der Waals surface area contributed by atoms with E-state index in [2.05, 4.69) is 62.6 Å². The summed E-state index contributed by atoms with van der Waals surface area (Å²) in [4.78, 5) is 11.6. The molecular weight excluding hydrogens is 248 g/mol. The Kier molecular flexibility index (Phi) is 5.75. The van der Waals surface area contributed by atoms with Crippen LogP contribution in [0.5, 0.6) is 0 Å². The van der Waals surface area contributed by atoms with Gasteiger partial charge in [0.05, 0.1) is 6.54 Å². The zero-order valence-corrected chi connectivity index (χ0v) is 13.6. The van der Waals surface area contributed by atoms with Crippen LogP contribution in [0.4, 0.5) is 0 Å². The first kappa shape index (κ1) is 16.7. The Bertz CT molecular complexity index is 429. The molecule has 1 atom stereocenters. The van der Waals surface area contributed by atoms with Crippen LogP contribution >= 0.6 is 0 Å². The summed E-state index contributed by atoms with van der Waals surface area (Å²) in [6.07, 6.45) is 0. The van der Waals surface area contributed by atoms with E-state index in [0.717, 1.165) is 0 Å². The molecule has 1 aromatic rings. The highest BCUT2D eigenvalue weighted by atomic mass is 16.1. The molecule has 2 N–H and O–H groups in total. The van der Waals surface area contributed by atoms with Crippen molar-refractivity contribution in [3.8, 4) is 0 Å². The van der Waals surface area contributed by atoms with Crippen molar-refractivity contribution in [2.45, 2.75) is 59.0 Å². The molecule has 0 aliphatic rings. The molecule has 0 aromatic heterocycles. The fourth-order valence-corrected chi connectivity index (χ4v) is 2.01. The molecule has 1 unspecified atom stereocenters. The maximum absolute atomic E-state index is 11.6. The van der Waals surface area contributed by atoms with Gasteiger partial charge < -0.3 is 10.6 Å². The van der Waals surface area contributed by atoms with Crippen molar-refractivity contribution in [1.82, 2.24) is 10.6 Å². The Hall–Kier alpha value is -1.35. The van der Waals surface area contributed by atoms with E-state index >= 15 is 0 Å².